The molecule has 0 saturated carbocycles. The minimum Gasteiger partial charge on any atom is -0.357 e. The molecule has 0 saturated heterocycles. The molecule has 2 aromatic heterocycles. The molecule has 0 atom stereocenters. The second kappa shape index (κ2) is 5.23. The molecule has 0 unspecified atom stereocenters. The van der Waals surface area contributed by atoms with Gasteiger partial charge in [-0.1, -0.05) is 6.07 Å². The number of anilines is 1. The first-order valence-electron chi connectivity index (χ1n) is 6.05. The second-order valence-corrected chi connectivity index (χ2v) is 4.10. The molecule has 106 valence electrons. The van der Waals surface area contributed by atoms with Gasteiger partial charge in [-0.05, 0) is 12.1 Å². The highest BCUT2D eigenvalue weighted by atomic mass is 19.1. The van der Waals surface area contributed by atoms with Gasteiger partial charge in [0.1, 0.15) is 18.0 Å². The van der Waals surface area contributed by atoms with Gasteiger partial charge in [0.05, 0.1) is 5.56 Å². The molecule has 0 radical (unpaired) electrons. The van der Waals surface area contributed by atoms with Crippen LogP contribution in [0.15, 0.2) is 36.9 Å². The second-order valence-electron chi connectivity index (χ2n) is 4.10. The highest BCUT2D eigenvalue weighted by molar-refractivity contribution is 5.58. The molecular formula is C13H10F2N6. The van der Waals surface area contributed by atoms with Crippen LogP contribution in [-0.2, 0) is 0 Å². The maximum Gasteiger partial charge on any atom is 0.240 e. The molecule has 0 aliphatic heterocycles. The van der Waals surface area contributed by atoms with E-state index in [0.29, 0.717) is 0 Å². The van der Waals surface area contributed by atoms with Gasteiger partial charge in [-0.2, -0.15) is 15.0 Å². The summed E-state index contributed by atoms with van der Waals surface area (Å²) in [5.41, 5.74) is -0.294. The Kier molecular flexibility index (Phi) is 3.27. The maximum absolute atomic E-state index is 13.9. The van der Waals surface area contributed by atoms with Crippen molar-refractivity contribution in [1.82, 2.24) is 24.5 Å². The van der Waals surface area contributed by atoms with Crippen LogP contribution in [0, 0.1) is 11.6 Å². The monoisotopic (exact) mass is 288 g/mol. The fraction of sp³-hybridized carbons (Fsp3) is 0.0769. The fourth-order valence-corrected chi connectivity index (χ4v) is 1.79. The summed E-state index contributed by atoms with van der Waals surface area (Å²) in [5.74, 6) is -1.15. The third-order valence-electron chi connectivity index (χ3n) is 2.77. The molecule has 1 N–H and O–H groups in total. The van der Waals surface area contributed by atoms with E-state index in [4.69, 9.17) is 0 Å². The molecule has 21 heavy (non-hydrogen) atoms. The minimum atomic E-state index is -0.736. The van der Waals surface area contributed by atoms with Gasteiger partial charge in [-0.15, -0.1) is 0 Å². The Hall–Kier alpha value is -2.90. The molecule has 0 bridgehead atoms. The topological polar surface area (TPSA) is 68.5 Å². The molecule has 0 aliphatic carbocycles. The van der Waals surface area contributed by atoms with Crippen molar-refractivity contribution >= 4 is 5.95 Å². The number of aromatic nitrogens is 5. The van der Waals surface area contributed by atoms with E-state index in [-0.39, 0.29) is 23.3 Å². The standard InChI is InChI=1S/C13H10F2N6/c1-16-12-18-11(10-8(14)3-2-4-9(10)15)19-13(20-12)21-6-5-17-7-21/h2-7H,1H3,(H,16,18,19,20). The number of rotatable bonds is 3. The molecule has 0 aliphatic rings. The van der Waals surface area contributed by atoms with E-state index >= 15 is 0 Å². The van der Waals surface area contributed by atoms with Gasteiger partial charge >= 0.3 is 0 Å². The highest BCUT2D eigenvalue weighted by Gasteiger charge is 2.16. The number of benzene rings is 1. The van der Waals surface area contributed by atoms with E-state index in [1.165, 1.54) is 17.0 Å². The number of hydrogen-bond donors (Lipinski definition) is 1. The smallest absolute Gasteiger partial charge is 0.240 e. The van der Waals surface area contributed by atoms with E-state index in [0.717, 1.165) is 12.1 Å². The van der Waals surface area contributed by atoms with Crippen LogP contribution in [0.3, 0.4) is 0 Å². The summed E-state index contributed by atoms with van der Waals surface area (Å²) < 4.78 is 29.3. The first-order valence-corrected chi connectivity index (χ1v) is 6.05. The van der Waals surface area contributed by atoms with E-state index in [1.54, 1.807) is 19.4 Å². The SMILES string of the molecule is CNc1nc(-c2c(F)cccc2F)nc(-n2ccnc2)n1. The Labute approximate surface area is 118 Å². The number of nitrogens with zero attached hydrogens (tertiary/aromatic N) is 5. The van der Waals surface area contributed by atoms with Crippen molar-refractivity contribution in [2.24, 2.45) is 0 Å². The summed E-state index contributed by atoms with van der Waals surface area (Å²) in [6.45, 7) is 0. The van der Waals surface area contributed by atoms with Gasteiger partial charge in [-0.25, -0.2) is 13.8 Å². The highest BCUT2D eigenvalue weighted by Crippen LogP contribution is 2.24. The Morgan fingerprint density at radius 2 is 1.86 bits per heavy atom. The Balaban J connectivity index is 2.21. The number of hydrogen-bond acceptors (Lipinski definition) is 5. The van der Waals surface area contributed by atoms with Crippen molar-refractivity contribution in [3.05, 3.63) is 48.6 Å². The normalized spacial score (nSPS) is 10.6. The van der Waals surface area contributed by atoms with Crippen LogP contribution >= 0.6 is 0 Å². The predicted molar refractivity (Wildman–Crippen MR) is 71.8 cm³/mol. The predicted octanol–water partition coefficient (Wildman–Crippen LogP) is 2.04. The first kappa shape index (κ1) is 13.1. The quantitative estimate of drug-likeness (QED) is 0.798. The third kappa shape index (κ3) is 2.42. The van der Waals surface area contributed by atoms with E-state index in [1.807, 2.05) is 0 Å². The Bertz CT molecular complexity index is 752. The zero-order valence-electron chi connectivity index (χ0n) is 11.0. The lowest BCUT2D eigenvalue weighted by Gasteiger charge is -2.08. The summed E-state index contributed by atoms with van der Waals surface area (Å²) >= 11 is 0. The van der Waals surface area contributed by atoms with Crippen molar-refractivity contribution in [1.29, 1.82) is 0 Å². The molecule has 6 nitrogen and oxygen atoms in total. The van der Waals surface area contributed by atoms with Gasteiger partial charge in [0.2, 0.25) is 11.9 Å². The van der Waals surface area contributed by atoms with Crippen molar-refractivity contribution < 1.29 is 8.78 Å². The number of halogens is 2. The van der Waals surface area contributed by atoms with Crippen LogP contribution in [-0.4, -0.2) is 31.6 Å². The van der Waals surface area contributed by atoms with Crippen LogP contribution in [0.25, 0.3) is 17.3 Å². The van der Waals surface area contributed by atoms with Crippen molar-refractivity contribution in [2.45, 2.75) is 0 Å². The lowest BCUT2D eigenvalue weighted by molar-refractivity contribution is 0.587. The van der Waals surface area contributed by atoms with Crippen LogP contribution in [0.1, 0.15) is 0 Å². The van der Waals surface area contributed by atoms with Crippen molar-refractivity contribution in [3.63, 3.8) is 0 Å². The zero-order valence-corrected chi connectivity index (χ0v) is 11.0. The summed E-state index contributed by atoms with van der Waals surface area (Å²) in [6, 6.07) is 3.58. The molecule has 1 aromatic carbocycles. The number of nitrogens with one attached hydrogen (secondary N) is 1. The lowest BCUT2D eigenvalue weighted by Crippen LogP contribution is -2.08. The van der Waals surface area contributed by atoms with Gasteiger partial charge in [0, 0.05) is 19.4 Å². The van der Waals surface area contributed by atoms with Gasteiger partial charge in [0.25, 0.3) is 0 Å². The van der Waals surface area contributed by atoms with Gasteiger partial charge in [-0.3, -0.25) is 4.57 Å². The molecular weight excluding hydrogens is 278 g/mol. The average molecular weight is 288 g/mol. The molecule has 3 aromatic rings. The fourth-order valence-electron chi connectivity index (χ4n) is 1.79. The van der Waals surface area contributed by atoms with Crippen molar-refractivity contribution in [2.75, 3.05) is 12.4 Å². The first-order chi connectivity index (χ1) is 10.2. The number of imidazole rings is 1. The average Bonchev–Trinajstić information content (AvgIpc) is 3.01. The molecule has 2 heterocycles. The van der Waals surface area contributed by atoms with E-state index < -0.39 is 11.6 Å². The lowest BCUT2D eigenvalue weighted by atomic mass is 10.2. The van der Waals surface area contributed by atoms with Crippen LogP contribution in [0.5, 0.6) is 0 Å². The summed E-state index contributed by atoms with van der Waals surface area (Å²) in [6.07, 6.45) is 4.65. The molecule has 0 amide bonds. The molecule has 3 rings (SSSR count). The molecule has 0 spiro atoms. The summed E-state index contributed by atoms with van der Waals surface area (Å²) in [4.78, 5) is 16.1. The third-order valence-corrected chi connectivity index (χ3v) is 2.77. The molecule has 0 fully saturated rings. The summed E-state index contributed by atoms with van der Waals surface area (Å²) in [5, 5.41) is 2.74. The van der Waals surface area contributed by atoms with Crippen LogP contribution < -0.4 is 5.32 Å². The minimum absolute atomic E-state index is 0.0892. The Morgan fingerprint density at radius 1 is 1.10 bits per heavy atom. The van der Waals surface area contributed by atoms with Crippen LogP contribution in [0.2, 0.25) is 0 Å². The Morgan fingerprint density at radius 3 is 2.48 bits per heavy atom. The van der Waals surface area contributed by atoms with Crippen LogP contribution in [0.4, 0.5) is 14.7 Å². The zero-order chi connectivity index (χ0) is 14.8. The largest absolute Gasteiger partial charge is 0.357 e. The van der Waals surface area contributed by atoms with E-state index in [9.17, 15) is 8.78 Å². The maximum atomic E-state index is 13.9. The van der Waals surface area contributed by atoms with Crippen molar-refractivity contribution in [3.8, 4) is 17.3 Å². The van der Waals surface area contributed by atoms with Gasteiger partial charge < -0.3 is 5.32 Å². The van der Waals surface area contributed by atoms with E-state index in [2.05, 4.69) is 25.3 Å². The summed E-state index contributed by atoms with van der Waals surface area (Å²) in [7, 11) is 1.61. The van der Waals surface area contributed by atoms with Gasteiger partial charge in [0.15, 0.2) is 5.82 Å². The molecule has 8 heteroatoms.